The number of aryl methyl sites for hydroxylation is 1. The van der Waals surface area contributed by atoms with Gasteiger partial charge < -0.3 is 4.57 Å². The van der Waals surface area contributed by atoms with Crippen molar-refractivity contribution in [1.29, 1.82) is 0 Å². The molecule has 0 aromatic carbocycles. The van der Waals surface area contributed by atoms with Crippen LogP contribution >= 0.6 is 12.2 Å². The molecule has 0 saturated heterocycles. The Labute approximate surface area is 96.8 Å². The maximum atomic E-state index is 11.6. The highest BCUT2D eigenvalue weighted by Gasteiger charge is 2.02. The normalized spacial score (nSPS) is 10.3. The van der Waals surface area contributed by atoms with Crippen LogP contribution in [0.2, 0.25) is 0 Å². The Morgan fingerprint density at radius 3 is 2.81 bits per heavy atom. The number of hydrogen-bond acceptors (Lipinski definition) is 4. The number of nitrogens with one attached hydrogen (secondary N) is 1. The quantitative estimate of drug-likeness (QED) is 0.781. The van der Waals surface area contributed by atoms with E-state index in [-0.39, 0.29) is 5.56 Å². The van der Waals surface area contributed by atoms with Crippen LogP contribution in [0.4, 0.5) is 0 Å². The van der Waals surface area contributed by atoms with E-state index in [1.807, 2.05) is 0 Å². The summed E-state index contributed by atoms with van der Waals surface area (Å²) in [5.41, 5.74) is 1.38. The molecular weight excluding hydrogens is 224 g/mol. The van der Waals surface area contributed by atoms with Crippen LogP contribution in [0.5, 0.6) is 0 Å². The summed E-state index contributed by atoms with van der Waals surface area (Å²) in [6.07, 6.45) is 7.07. The van der Waals surface area contributed by atoms with Gasteiger partial charge in [-0.2, -0.15) is 0 Å². The summed E-state index contributed by atoms with van der Waals surface area (Å²) in [4.78, 5) is 22.0. The van der Waals surface area contributed by atoms with E-state index < -0.39 is 0 Å². The number of nitrogens with zero attached hydrogens (tertiary/aromatic N) is 3. The minimum Gasteiger partial charge on any atom is -0.328 e. The Bertz CT molecular complexity index is 602. The van der Waals surface area contributed by atoms with Crippen LogP contribution in [-0.2, 0) is 13.5 Å². The van der Waals surface area contributed by atoms with Gasteiger partial charge in [0, 0.05) is 37.6 Å². The van der Waals surface area contributed by atoms with Crippen LogP contribution in [0.15, 0.2) is 29.7 Å². The fourth-order valence-corrected chi connectivity index (χ4v) is 1.53. The molecule has 16 heavy (non-hydrogen) atoms. The number of H-pyrrole nitrogens is 1. The molecule has 5 nitrogen and oxygen atoms in total. The SMILES string of the molecule is Cn1cc(Cc2cncnc2)c(=O)[nH]c1=S. The van der Waals surface area contributed by atoms with Crippen LogP contribution < -0.4 is 5.56 Å². The van der Waals surface area contributed by atoms with E-state index in [9.17, 15) is 4.79 Å². The van der Waals surface area contributed by atoms with Crippen molar-refractivity contribution in [3.05, 3.63) is 51.2 Å². The summed E-state index contributed by atoms with van der Waals surface area (Å²) in [7, 11) is 1.79. The Morgan fingerprint density at radius 2 is 2.12 bits per heavy atom. The van der Waals surface area contributed by atoms with Crippen LogP contribution in [0.1, 0.15) is 11.1 Å². The maximum Gasteiger partial charge on any atom is 0.255 e. The van der Waals surface area contributed by atoms with E-state index >= 15 is 0 Å². The molecule has 2 aromatic rings. The average Bonchev–Trinajstić information content (AvgIpc) is 2.27. The van der Waals surface area contributed by atoms with Crippen molar-refractivity contribution in [3.63, 3.8) is 0 Å². The zero-order valence-electron chi connectivity index (χ0n) is 8.67. The Hall–Kier alpha value is -1.82. The molecule has 0 fully saturated rings. The van der Waals surface area contributed by atoms with E-state index in [1.54, 1.807) is 30.2 Å². The summed E-state index contributed by atoms with van der Waals surface area (Å²) < 4.78 is 2.12. The van der Waals surface area contributed by atoms with Crippen LogP contribution in [-0.4, -0.2) is 19.5 Å². The molecule has 0 bridgehead atoms. The van der Waals surface area contributed by atoms with Crippen LogP contribution in [0.3, 0.4) is 0 Å². The van der Waals surface area contributed by atoms with Crippen LogP contribution in [0, 0.1) is 4.77 Å². The second-order valence-electron chi connectivity index (χ2n) is 3.45. The van der Waals surface area contributed by atoms with Crippen molar-refractivity contribution in [2.75, 3.05) is 0 Å². The first-order chi connectivity index (χ1) is 7.66. The van der Waals surface area contributed by atoms with Gasteiger partial charge in [-0.25, -0.2) is 9.97 Å². The summed E-state index contributed by atoms with van der Waals surface area (Å²) in [6.45, 7) is 0. The predicted octanol–water partition coefficient (Wildman–Crippen LogP) is 0.824. The van der Waals surface area contributed by atoms with Crippen molar-refractivity contribution in [1.82, 2.24) is 19.5 Å². The van der Waals surface area contributed by atoms with E-state index in [1.165, 1.54) is 6.33 Å². The van der Waals surface area contributed by atoms with E-state index in [0.29, 0.717) is 16.8 Å². The Morgan fingerprint density at radius 1 is 1.44 bits per heavy atom. The maximum absolute atomic E-state index is 11.6. The van der Waals surface area contributed by atoms with Gasteiger partial charge in [-0.3, -0.25) is 9.78 Å². The lowest BCUT2D eigenvalue weighted by Crippen LogP contribution is -2.17. The number of aromatic nitrogens is 4. The third-order valence-electron chi connectivity index (χ3n) is 2.19. The molecule has 2 heterocycles. The molecule has 0 spiro atoms. The van der Waals surface area contributed by atoms with E-state index in [4.69, 9.17) is 12.2 Å². The second-order valence-corrected chi connectivity index (χ2v) is 3.83. The molecule has 6 heteroatoms. The van der Waals surface area contributed by atoms with Crippen molar-refractivity contribution in [2.45, 2.75) is 6.42 Å². The standard InChI is InChI=1S/C10H10N4OS/c1-14-5-8(9(15)13-10(14)16)2-7-3-11-6-12-4-7/h3-6H,2H2,1H3,(H,13,15,16). The lowest BCUT2D eigenvalue weighted by atomic mass is 10.1. The van der Waals surface area contributed by atoms with Gasteiger partial charge in [0.1, 0.15) is 6.33 Å². The van der Waals surface area contributed by atoms with Crippen molar-refractivity contribution in [3.8, 4) is 0 Å². The second kappa shape index (κ2) is 4.36. The zero-order chi connectivity index (χ0) is 11.5. The largest absolute Gasteiger partial charge is 0.328 e. The molecular formula is C10H10N4OS. The van der Waals surface area contributed by atoms with Gasteiger partial charge in [0.15, 0.2) is 4.77 Å². The third-order valence-corrected chi connectivity index (χ3v) is 2.58. The molecule has 0 atom stereocenters. The molecule has 0 saturated carbocycles. The molecule has 0 aliphatic carbocycles. The number of hydrogen-bond donors (Lipinski definition) is 1. The molecule has 0 unspecified atom stereocenters. The molecule has 2 rings (SSSR count). The minimum absolute atomic E-state index is 0.160. The Kier molecular flexibility index (Phi) is 2.91. The zero-order valence-corrected chi connectivity index (χ0v) is 9.49. The van der Waals surface area contributed by atoms with Gasteiger partial charge >= 0.3 is 0 Å². The molecule has 0 aliphatic rings. The van der Waals surface area contributed by atoms with Crippen molar-refractivity contribution < 1.29 is 0 Å². The van der Waals surface area contributed by atoms with Crippen molar-refractivity contribution >= 4 is 12.2 Å². The van der Waals surface area contributed by atoms with Gasteiger partial charge in [0.25, 0.3) is 5.56 Å². The van der Waals surface area contributed by atoms with Gasteiger partial charge in [-0.05, 0) is 17.8 Å². The summed E-state index contributed by atoms with van der Waals surface area (Å²) in [6, 6.07) is 0. The first kappa shape index (κ1) is 10.7. The fraction of sp³-hybridized carbons (Fsp3) is 0.200. The monoisotopic (exact) mass is 234 g/mol. The van der Waals surface area contributed by atoms with Gasteiger partial charge in [-0.15, -0.1) is 0 Å². The third kappa shape index (κ3) is 2.22. The number of aromatic amines is 1. The van der Waals surface area contributed by atoms with Crippen molar-refractivity contribution in [2.24, 2.45) is 7.05 Å². The van der Waals surface area contributed by atoms with E-state index in [0.717, 1.165) is 5.56 Å². The molecule has 0 amide bonds. The molecule has 82 valence electrons. The highest BCUT2D eigenvalue weighted by atomic mass is 32.1. The highest BCUT2D eigenvalue weighted by Crippen LogP contribution is 2.01. The fourth-order valence-electron chi connectivity index (χ4n) is 1.38. The average molecular weight is 234 g/mol. The van der Waals surface area contributed by atoms with Crippen LogP contribution in [0.25, 0.3) is 0 Å². The smallest absolute Gasteiger partial charge is 0.255 e. The highest BCUT2D eigenvalue weighted by molar-refractivity contribution is 7.71. The van der Waals surface area contributed by atoms with Gasteiger partial charge in [-0.1, -0.05) is 0 Å². The first-order valence-electron chi connectivity index (χ1n) is 4.69. The van der Waals surface area contributed by atoms with Gasteiger partial charge in [0.2, 0.25) is 0 Å². The lowest BCUT2D eigenvalue weighted by molar-refractivity contribution is 0.810. The molecule has 2 aromatic heterocycles. The Balaban J connectivity index is 2.40. The minimum atomic E-state index is -0.160. The number of rotatable bonds is 2. The summed E-state index contributed by atoms with van der Waals surface area (Å²) in [5, 5.41) is 0. The molecule has 0 aliphatic heterocycles. The molecule has 1 N–H and O–H groups in total. The summed E-state index contributed by atoms with van der Waals surface area (Å²) in [5.74, 6) is 0. The lowest BCUT2D eigenvalue weighted by Gasteiger charge is -2.03. The topological polar surface area (TPSA) is 63.6 Å². The predicted molar refractivity (Wildman–Crippen MR) is 61.7 cm³/mol. The molecule has 0 radical (unpaired) electrons. The van der Waals surface area contributed by atoms with E-state index in [2.05, 4.69) is 15.0 Å². The summed E-state index contributed by atoms with van der Waals surface area (Å²) >= 11 is 4.95. The van der Waals surface area contributed by atoms with Gasteiger partial charge in [0.05, 0.1) is 0 Å². The first-order valence-corrected chi connectivity index (χ1v) is 5.10.